The molecule has 3 nitrogen and oxygen atoms in total. The van der Waals surface area contributed by atoms with Crippen molar-refractivity contribution >= 4 is 22.3 Å². The highest BCUT2D eigenvalue weighted by molar-refractivity contribution is 6.02. The summed E-state index contributed by atoms with van der Waals surface area (Å²) in [5.74, 6) is 1.14. The Balaban J connectivity index is 2.24. The number of nitrogens with zero attached hydrogens (tertiary/aromatic N) is 2. The second-order valence-electron chi connectivity index (χ2n) is 4.94. The summed E-state index contributed by atoms with van der Waals surface area (Å²) in [7, 11) is 1.98. The molecule has 3 rings (SSSR count). The van der Waals surface area contributed by atoms with Crippen LogP contribution >= 0.6 is 0 Å². The number of hydrogen-bond donors (Lipinski definition) is 1. The van der Waals surface area contributed by atoms with Crippen LogP contribution < -0.4 is 10.2 Å². The zero-order chi connectivity index (χ0) is 12.5. The van der Waals surface area contributed by atoms with E-state index in [-0.39, 0.29) is 0 Å². The van der Waals surface area contributed by atoms with E-state index < -0.39 is 0 Å². The zero-order valence-electron chi connectivity index (χ0n) is 11.0. The van der Waals surface area contributed by atoms with E-state index in [0.29, 0.717) is 0 Å². The Kier molecular flexibility index (Phi) is 2.82. The Labute approximate surface area is 108 Å². The third-order valence-corrected chi connectivity index (χ3v) is 3.76. The third-order valence-electron chi connectivity index (χ3n) is 3.76. The number of hydrogen-bond acceptors (Lipinski definition) is 3. The van der Waals surface area contributed by atoms with Crippen molar-refractivity contribution in [1.82, 2.24) is 4.98 Å². The maximum atomic E-state index is 4.66. The van der Waals surface area contributed by atoms with Gasteiger partial charge in [0.05, 0.1) is 0 Å². The third kappa shape index (κ3) is 1.70. The largest absolute Gasteiger partial charge is 0.388 e. The molecule has 1 fully saturated rings. The molecular weight excluding hydrogens is 222 g/mol. The number of aryl methyl sites for hydroxylation is 1. The van der Waals surface area contributed by atoms with Gasteiger partial charge in [-0.3, -0.25) is 0 Å². The molecule has 94 valence electrons. The van der Waals surface area contributed by atoms with E-state index in [1.807, 2.05) is 13.2 Å². The minimum absolute atomic E-state index is 1.13. The molecular formula is C15H19N3. The van der Waals surface area contributed by atoms with Crippen LogP contribution in [0.1, 0.15) is 18.4 Å². The van der Waals surface area contributed by atoms with Crippen molar-refractivity contribution in [1.29, 1.82) is 0 Å². The van der Waals surface area contributed by atoms with Crippen molar-refractivity contribution in [2.45, 2.75) is 19.8 Å². The van der Waals surface area contributed by atoms with Crippen LogP contribution in [0.2, 0.25) is 0 Å². The molecule has 1 N–H and O–H groups in total. The molecule has 0 atom stereocenters. The van der Waals surface area contributed by atoms with Crippen molar-refractivity contribution in [2.75, 3.05) is 30.4 Å². The highest BCUT2D eigenvalue weighted by atomic mass is 15.2. The fourth-order valence-electron chi connectivity index (χ4n) is 2.84. The molecule has 3 heteroatoms. The van der Waals surface area contributed by atoms with Crippen molar-refractivity contribution in [3.05, 3.63) is 30.0 Å². The van der Waals surface area contributed by atoms with E-state index in [1.165, 1.54) is 34.9 Å². The Bertz CT molecular complexity index is 571. The summed E-state index contributed by atoms with van der Waals surface area (Å²) in [6.07, 6.45) is 4.56. The number of benzene rings is 1. The second kappa shape index (κ2) is 4.48. The Morgan fingerprint density at radius 1 is 1.22 bits per heavy atom. The van der Waals surface area contributed by atoms with Gasteiger partial charge in [-0.25, -0.2) is 4.98 Å². The van der Waals surface area contributed by atoms with Gasteiger partial charge >= 0.3 is 0 Å². The average molecular weight is 241 g/mol. The molecule has 0 amide bonds. The van der Waals surface area contributed by atoms with Crippen LogP contribution in [0, 0.1) is 6.92 Å². The maximum Gasteiger partial charge on any atom is 0.136 e. The van der Waals surface area contributed by atoms with E-state index in [9.17, 15) is 0 Å². The van der Waals surface area contributed by atoms with Crippen LogP contribution in [0.25, 0.3) is 10.8 Å². The van der Waals surface area contributed by atoms with Crippen LogP contribution in [0.3, 0.4) is 0 Å². The van der Waals surface area contributed by atoms with Gasteiger partial charge in [0.2, 0.25) is 0 Å². The monoisotopic (exact) mass is 241 g/mol. The molecule has 1 aromatic heterocycles. The summed E-state index contributed by atoms with van der Waals surface area (Å²) in [5, 5.41) is 5.85. The predicted octanol–water partition coefficient (Wildman–Crippen LogP) is 3.19. The van der Waals surface area contributed by atoms with Gasteiger partial charge < -0.3 is 10.2 Å². The lowest BCUT2D eigenvalue weighted by atomic mass is 10.1. The fraction of sp³-hybridized carbons (Fsp3) is 0.400. The highest BCUT2D eigenvalue weighted by Crippen LogP contribution is 2.33. The summed E-state index contributed by atoms with van der Waals surface area (Å²) in [4.78, 5) is 7.07. The summed E-state index contributed by atoms with van der Waals surface area (Å²) in [5.41, 5.74) is 2.42. The van der Waals surface area contributed by atoms with E-state index >= 15 is 0 Å². The number of anilines is 2. The zero-order valence-corrected chi connectivity index (χ0v) is 11.0. The summed E-state index contributed by atoms with van der Waals surface area (Å²) >= 11 is 0. The first kappa shape index (κ1) is 11.3. The van der Waals surface area contributed by atoms with Crippen molar-refractivity contribution in [2.24, 2.45) is 0 Å². The minimum atomic E-state index is 1.13. The Morgan fingerprint density at radius 2 is 2.00 bits per heavy atom. The summed E-state index contributed by atoms with van der Waals surface area (Å²) < 4.78 is 0. The van der Waals surface area contributed by atoms with Gasteiger partial charge in [0, 0.05) is 42.8 Å². The van der Waals surface area contributed by atoms with Gasteiger partial charge in [-0.15, -0.1) is 0 Å². The van der Waals surface area contributed by atoms with Crippen LogP contribution in [-0.2, 0) is 0 Å². The molecule has 0 unspecified atom stereocenters. The van der Waals surface area contributed by atoms with Crippen molar-refractivity contribution in [3.63, 3.8) is 0 Å². The van der Waals surface area contributed by atoms with Gasteiger partial charge in [-0.05, 0) is 31.4 Å². The number of pyridine rings is 1. The van der Waals surface area contributed by atoms with Crippen LogP contribution in [0.4, 0.5) is 11.5 Å². The lowest BCUT2D eigenvalue weighted by molar-refractivity contribution is 0.944. The molecule has 0 aliphatic carbocycles. The maximum absolute atomic E-state index is 4.66. The molecule has 2 heterocycles. The van der Waals surface area contributed by atoms with Gasteiger partial charge in [-0.2, -0.15) is 0 Å². The number of nitrogens with one attached hydrogen (secondary N) is 1. The quantitative estimate of drug-likeness (QED) is 0.875. The van der Waals surface area contributed by atoms with Crippen LogP contribution in [-0.4, -0.2) is 25.1 Å². The van der Waals surface area contributed by atoms with E-state index in [1.54, 1.807) is 0 Å². The number of aromatic nitrogens is 1. The summed E-state index contributed by atoms with van der Waals surface area (Å²) in [6.45, 7) is 4.40. The average Bonchev–Trinajstić information content (AvgIpc) is 2.92. The molecule has 2 aromatic rings. The highest BCUT2D eigenvalue weighted by Gasteiger charge is 2.17. The molecule has 0 spiro atoms. The molecule has 1 aliphatic rings. The van der Waals surface area contributed by atoms with Crippen LogP contribution in [0.15, 0.2) is 24.4 Å². The lowest BCUT2D eigenvalue weighted by Crippen LogP contribution is -2.19. The first-order valence-electron chi connectivity index (χ1n) is 6.62. The SMILES string of the molecule is CNc1cccc2c(N3CCCC3)ncc(C)c12. The lowest BCUT2D eigenvalue weighted by Gasteiger charge is -2.20. The molecule has 18 heavy (non-hydrogen) atoms. The van der Waals surface area contributed by atoms with Gasteiger partial charge in [-0.1, -0.05) is 12.1 Å². The first-order chi connectivity index (χ1) is 8.81. The first-order valence-corrected chi connectivity index (χ1v) is 6.62. The van der Waals surface area contributed by atoms with Gasteiger partial charge in [0.1, 0.15) is 5.82 Å². The topological polar surface area (TPSA) is 28.2 Å². The Morgan fingerprint density at radius 3 is 2.72 bits per heavy atom. The molecule has 1 aromatic carbocycles. The van der Waals surface area contributed by atoms with E-state index in [4.69, 9.17) is 0 Å². The van der Waals surface area contributed by atoms with E-state index in [2.05, 4.69) is 40.3 Å². The predicted molar refractivity (Wildman–Crippen MR) is 77.5 cm³/mol. The van der Waals surface area contributed by atoms with Crippen molar-refractivity contribution in [3.8, 4) is 0 Å². The summed E-state index contributed by atoms with van der Waals surface area (Å²) in [6, 6.07) is 6.42. The smallest absolute Gasteiger partial charge is 0.136 e. The number of fused-ring (bicyclic) bond motifs is 1. The van der Waals surface area contributed by atoms with Crippen LogP contribution in [0.5, 0.6) is 0 Å². The Hall–Kier alpha value is -1.77. The van der Waals surface area contributed by atoms with E-state index in [0.717, 1.165) is 18.9 Å². The molecule has 0 saturated carbocycles. The second-order valence-corrected chi connectivity index (χ2v) is 4.94. The molecule has 1 aliphatic heterocycles. The normalized spacial score (nSPS) is 15.3. The van der Waals surface area contributed by atoms with Crippen molar-refractivity contribution < 1.29 is 0 Å². The molecule has 0 radical (unpaired) electrons. The molecule has 0 bridgehead atoms. The van der Waals surface area contributed by atoms with Gasteiger partial charge in [0.25, 0.3) is 0 Å². The fourth-order valence-corrected chi connectivity index (χ4v) is 2.84. The minimum Gasteiger partial charge on any atom is -0.388 e. The van der Waals surface area contributed by atoms with Gasteiger partial charge in [0.15, 0.2) is 0 Å². The molecule has 1 saturated heterocycles. The standard InChI is InChI=1S/C15H19N3/c1-11-10-17-15(18-8-3-4-9-18)12-6-5-7-13(16-2)14(11)12/h5-7,10,16H,3-4,8-9H2,1-2H3. The number of rotatable bonds is 2.